The van der Waals surface area contributed by atoms with E-state index in [0.29, 0.717) is 4.99 Å². The number of hydrogen-bond donors (Lipinski definition) is 2. The normalized spacial score (nSPS) is 14.0. The zero-order valence-electron chi connectivity index (χ0n) is 13.2. The van der Waals surface area contributed by atoms with Crippen molar-refractivity contribution in [2.24, 2.45) is 11.1 Å². The lowest BCUT2D eigenvalue weighted by atomic mass is 9.89. The van der Waals surface area contributed by atoms with Gasteiger partial charge < -0.3 is 15.8 Å². The summed E-state index contributed by atoms with van der Waals surface area (Å²) >= 11 is 5.18. The Hall–Kier alpha value is -1.20. The molecule has 21 heavy (non-hydrogen) atoms. The largest absolute Gasteiger partial charge is 0.389 e. The summed E-state index contributed by atoms with van der Waals surface area (Å²) in [5.74, 6) is 0.827. The van der Waals surface area contributed by atoms with E-state index in [1.54, 1.807) is 7.11 Å². The lowest BCUT2D eigenvalue weighted by molar-refractivity contribution is 0.157. The molecular formula is C16H25N3OS. The van der Waals surface area contributed by atoms with E-state index >= 15 is 0 Å². The number of fused-ring (bicyclic) bond motifs is 1. The summed E-state index contributed by atoms with van der Waals surface area (Å²) in [6.45, 7) is 6.01. The SMILES string of the molecule is COCCC(C)(C)CNc1nc2c(cc1C(N)=S)CCC2. The highest BCUT2D eigenvalue weighted by atomic mass is 32.1. The smallest absolute Gasteiger partial charge is 0.136 e. The lowest BCUT2D eigenvalue weighted by Gasteiger charge is -2.25. The van der Waals surface area contributed by atoms with Crippen LogP contribution in [0.1, 0.15) is 43.5 Å². The zero-order chi connectivity index (χ0) is 15.5. The number of hydrogen-bond acceptors (Lipinski definition) is 4. The quantitative estimate of drug-likeness (QED) is 0.758. The monoisotopic (exact) mass is 307 g/mol. The second kappa shape index (κ2) is 6.71. The van der Waals surface area contributed by atoms with E-state index in [4.69, 9.17) is 27.7 Å². The highest BCUT2D eigenvalue weighted by Crippen LogP contribution is 2.27. The van der Waals surface area contributed by atoms with Gasteiger partial charge >= 0.3 is 0 Å². The molecule has 3 N–H and O–H groups in total. The van der Waals surface area contributed by atoms with Crippen LogP contribution in [0.2, 0.25) is 0 Å². The third-order valence-corrected chi connectivity index (χ3v) is 4.25. The fraction of sp³-hybridized carbons (Fsp3) is 0.625. The molecule has 0 fully saturated rings. The summed E-state index contributed by atoms with van der Waals surface area (Å²) in [5.41, 5.74) is 9.34. The third kappa shape index (κ3) is 4.14. The van der Waals surface area contributed by atoms with E-state index in [1.807, 2.05) is 0 Å². The number of methoxy groups -OCH3 is 1. The Morgan fingerprint density at radius 3 is 2.90 bits per heavy atom. The van der Waals surface area contributed by atoms with E-state index < -0.39 is 0 Å². The molecule has 4 nitrogen and oxygen atoms in total. The van der Waals surface area contributed by atoms with Gasteiger partial charge in [0.25, 0.3) is 0 Å². The van der Waals surface area contributed by atoms with Crippen molar-refractivity contribution in [1.29, 1.82) is 0 Å². The van der Waals surface area contributed by atoms with Gasteiger partial charge in [-0.3, -0.25) is 0 Å². The maximum Gasteiger partial charge on any atom is 0.136 e. The molecule has 2 rings (SSSR count). The lowest BCUT2D eigenvalue weighted by Crippen LogP contribution is -2.26. The van der Waals surface area contributed by atoms with Gasteiger partial charge in [0.1, 0.15) is 10.8 Å². The molecule has 0 unspecified atom stereocenters. The van der Waals surface area contributed by atoms with Gasteiger partial charge in [-0.25, -0.2) is 4.98 Å². The van der Waals surface area contributed by atoms with Crippen LogP contribution >= 0.6 is 12.2 Å². The minimum Gasteiger partial charge on any atom is -0.389 e. The van der Waals surface area contributed by atoms with E-state index in [1.165, 1.54) is 17.7 Å². The number of thiocarbonyl (C=S) groups is 1. The number of nitrogens with one attached hydrogen (secondary N) is 1. The Kier molecular flexibility index (Phi) is 5.17. The van der Waals surface area contributed by atoms with Gasteiger partial charge in [0.2, 0.25) is 0 Å². The highest BCUT2D eigenvalue weighted by molar-refractivity contribution is 7.80. The number of nitrogens with zero attached hydrogens (tertiary/aromatic N) is 1. The van der Waals surface area contributed by atoms with Crippen molar-refractivity contribution >= 4 is 23.0 Å². The Morgan fingerprint density at radius 1 is 1.48 bits per heavy atom. The first-order valence-corrected chi connectivity index (χ1v) is 7.89. The summed E-state index contributed by atoms with van der Waals surface area (Å²) in [7, 11) is 1.73. The second-order valence-electron chi connectivity index (χ2n) is 6.47. The molecule has 0 saturated carbocycles. The molecule has 0 radical (unpaired) electrons. The molecule has 0 saturated heterocycles. The van der Waals surface area contributed by atoms with Crippen LogP contribution in [0, 0.1) is 5.41 Å². The fourth-order valence-corrected chi connectivity index (χ4v) is 2.74. The Labute approximate surface area is 132 Å². The van der Waals surface area contributed by atoms with Gasteiger partial charge in [0, 0.05) is 26.0 Å². The molecule has 1 aromatic heterocycles. The predicted molar refractivity (Wildman–Crippen MR) is 90.9 cm³/mol. The molecule has 5 heteroatoms. The van der Waals surface area contributed by atoms with Crippen LogP contribution in [0.15, 0.2) is 6.07 Å². The van der Waals surface area contributed by atoms with Gasteiger partial charge in [-0.2, -0.15) is 0 Å². The first-order chi connectivity index (χ1) is 9.93. The van der Waals surface area contributed by atoms with Crippen LogP contribution < -0.4 is 11.1 Å². The molecule has 0 aromatic carbocycles. The number of aromatic nitrogens is 1. The number of pyridine rings is 1. The van der Waals surface area contributed by atoms with Crippen LogP contribution in [0.5, 0.6) is 0 Å². The van der Waals surface area contributed by atoms with E-state index in [2.05, 4.69) is 25.2 Å². The summed E-state index contributed by atoms with van der Waals surface area (Å²) in [4.78, 5) is 5.16. The Morgan fingerprint density at radius 2 is 2.24 bits per heavy atom. The number of ether oxygens (including phenoxy) is 1. The van der Waals surface area contributed by atoms with Gasteiger partial charge in [0.15, 0.2) is 0 Å². The van der Waals surface area contributed by atoms with Crippen molar-refractivity contribution in [2.45, 2.75) is 39.5 Å². The first kappa shape index (κ1) is 16.2. The average molecular weight is 307 g/mol. The average Bonchev–Trinajstić information content (AvgIpc) is 2.89. The number of rotatable bonds is 7. The molecular weight excluding hydrogens is 282 g/mol. The van der Waals surface area contributed by atoms with Crippen LogP contribution in [0.4, 0.5) is 5.82 Å². The zero-order valence-corrected chi connectivity index (χ0v) is 14.0. The molecule has 1 aliphatic carbocycles. The van der Waals surface area contributed by atoms with Gasteiger partial charge in [-0.1, -0.05) is 26.1 Å². The summed E-state index contributed by atoms with van der Waals surface area (Å²) in [6, 6.07) is 2.11. The maximum atomic E-state index is 5.86. The van der Waals surface area contributed by atoms with E-state index in [-0.39, 0.29) is 5.41 Å². The van der Waals surface area contributed by atoms with E-state index in [9.17, 15) is 0 Å². The number of aryl methyl sites for hydroxylation is 2. The third-order valence-electron chi connectivity index (χ3n) is 4.03. The van der Waals surface area contributed by atoms with Crippen LogP contribution in [0.25, 0.3) is 0 Å². The van der Waals surface area contributed by atoms with Crippen LogP contribution in [0.3, 0.4) is 0 Å². The Balaban J connectivity index is 2.14. The van der Waals surface area contributed by atoms with Gasteiger partial charge in [-0.05, 0) is 42.7 Å². The number of anilines is 1. The van der Waals surface area contributed by atoms with Crippen molar-refractivity contribution in [2.75, 3.05) is 25.6 Å². The summed E-state index contributed by atoms with van der Waals surface area (Å²) in [6.07, 6.45) is 4.29. The molecule has 0 aliphatic heterocycles. The molecule has 0 atom stereocenters. The predicted octanol–water partition coefficient (Wildman–Crippen LogP) is 2.68. The summed E-state index contributed by atoms with van der Waals surface area (Å²) < 4.78 is 5.17. The van der Waals surface area contributed by atoms with Crippen molar-refractivity contribution in [3.05, 3.63) is 22.9 Å². The van der Waals surface area contributed by atoms with Crippen LogP contribution in [-0.2, 0) is 17.6 Å². The standard InChI is InChI=1S/C16H25N3OS/c1-16(2,7-8-20-3)10-18-15-12(14(17)21)9-11-5-4-6-13(11)19-15/h9H,4-8,10H2,1-3H3,(H2,17,21)(H,18,19). The van der Waals surface area contributed by atoms with Gasteiger partial charge in [-0.15, -0.1) is 0 Å². The molecule has 0 bridgehead atoms. The minimum atomic E-state index is 0.129. The molecule has 116 valence electrons. The topological polar surface area (TPSA) is 60.2 Å². The van der Waals surface area contributed by atoms with Crippen LogP contribution in [-0.4, -0.2) is 30.2 Å². The molecule has 1 heterocycles. The van der Waals surface area contributed by atoms with Crippen molar-refractivity contribution < 1.29 is 4.74 Å². The number of nitrogens with two attached hydrogens (primary N) is 1. The highest BCUT2D eigenvalue weighted by Gasteiger charge is 2.21. The fourth-order valence-electron chi connectivity index (χ4n) is 2.58. The molecule has 0 spiro atoms. The van der Waals surface area contributed by atoms with Crippen molar-refractivity contribution in [3.63, 3.8) is 0 Å². The van der Waals surface area contributed by atoms with E-state index in [0.717, 1.165) is 43.8 Å². The van der Waals surface area contributed by atoms with Crippen molar-refractivity contribution in [1.82, 2.24) is 4.98 Å². The second-order valence-corrected chi connectivity index (χ2v) is 6.91. The van der Waals surface area contributed by atoms with Crippen molar-refractivity contribution in [3.8, 4) is 0 Å². The molecule has 0 amide bonds. The first-order valence-electron chi connectivity index (χ1n) is 7.48. The molecule has 1 aromatic rings. The van der Waals surface area contributed by atoms with Gasteiger partial charge in [0.05, 0.1) is 5.56 Å². The molecule has 1 aliphatic rings. The Bertz CT molecular complexity index is 528. The minimum absolute atomic E-state index is 0.129. The summed E-state index contributed by atoms with van der Waals surface area (Å²) in [5, 5.41) is 3.44. The maximum absolute atomic E-state index is 5.86.